The van der Waals surface area contributed by atoms with E-state index in [1.54, 1.807) is 28.8 Å². The number of fused-ring (bicyclic) bond motifs is 1. The quantitative estimate of drug-likeness (QED) is 0.327. The zero-order valence-electron chi connectivity index (χ0n) is 20.4. The molecular formula is C28H23BrClN5O3. The normalized spacial score (nSPS) is 18.7. The van der Waals surface area contributed by atoms with Gasteiger partial charge in [0.2, 0.25) is 5.91 Å². The summed E-state index contributed by atoms with van der Waals surface area (Å²) in [4.78, 5) is 31.2. The number of benzene rings is 2. The summed E-state index contributed by atoms with van der Waals surface area (Å²) in [5.74, 6) is -0.0836. The standard InChI is InChI=1S/C28H23BrClN5O3/c1-16-27(37)34(11-10-17-2-8-23-18(12-17)13-25(36)32-23)28(38-16)22-15-35(21-6-3-19(29)4-7-21)33-26(22)24-9-5-20(30)14-31-24/h2-9,12,14-16,28H,10-11,13H2,1H3,(H,32,36)/t16-,28+/m1/s1. The third-order valence-electron chi connectivity index (χ3n) is 6.75. The van der Waals surface area contributed by atoms with Gasteiger partial charge in [-0.15, -0.1) is 0 Å². The molecule has 4 heterocycles. The molecule has 1 saturated heterocycles. The van der Waals surface area contributed by atoms with Gasteiger partial charge in [-0.2, -0.15) is 5.10 Å². The molecule has 192 valence electrons. The van der Waals surface area contributed by atoms with Gasteiger partial charge in [0.05, 0.1) is 22.8 Å². The van der Waals surface area contributed by atoms with Crippen molar-refractivity contribution in [2.75, 3.05) is 11.9 Å². The lowest BCUT2D eigenvalue weighted by molar-refractivity contribution is -0.130. The van der Waals surface area contributed by atoms with Gasteiger partial charge in [0.1, 0.15) is 11.8 Å². The van der Waals surface area contributed by atoms with Gasteiger partial charge in [-0.05, 0) is 66.9 Å². The van der Waals surface area contributed by atoms with Crippen molar-refractivity contribution in [1.82, 2.24) is 19.7 Å². The van der Waals surface area contributed by atoms with Crippen molar-refractivity contribution in [2.24, 2.45) is 0 Å². The van der Waals surface area contributed by atoms with Crippen molar-refractivity contribution in [3.05, 3.63) is 93.2 Å². The van der Waals surface area contributed by atoms with Gasteiger partial charge in [0.15, 0.2) is 6.23 Å². The van der Waals surface area contributed by atoms with Crippen molar-refractivity contribution in [1.29, 1.82) is 0 Å². The van der Waals surface area contributed by atoms with E-state index in [4.69, 9.17) is 21.4 Å². The molecule has 2 amide bonds. The summed E-state index contributed by atoms with van der Waals surface area (Å²) >= 11 is 9.57. The number of amides is 2. The lowest BCUT2D eigenvalue weighted by Crippen LogP contribution is -2.32. The molecule has 10 heteroatoms. The van der Waals surface area contributed by atoms with Crippen LogP contribution in [0.15, 0.2) is 71.5 Å². The number of ether oxygens (including phenoxy) is 1. The van der Waals surface area contributed by atoms with Crippen molar-refractivity contribution < 1.29 is 14.3 Å². The van der Waals surface area contributed by atoms with Crippen LogP contribution in [0.2, 0.25) is 5.02 Å². The van der Waals surface area contributed by atoms with E-state index in [0.29, 0.717) is 35.8 Å². The van der Waals surface area contributed by atoms with Crippen LogP contribution in [0.25, 0.3) is 17.1 Å². The zero-order chi connectivity index (χ0) is 26.4. The number of hydrogen-bond acceptors (Lipinski definition) is 5. The fourth-order valence-electron chi connectivity index (χ4n) is 4.84. The van der Waals surface area contributed by atoms with Crippen LogP contribution >= 0.6 is 27.5 Å². The van der Waals surface area contributed by atoms with Gasteiger partial charge in [-0.1, -0.05) is 39.7 Å². The smallest absolute Gasteiger partial charge is 0.253 e. The van der Waals surface area contributed by atoms with E-state index in [-0.39, 0.29) is 11.8 Å². The largest absolute Gasteiger partial charge is 0.341 e. The summed E-state index contributed by atoms with van der Waals surface area (Å²) in [6.45, 7) is 2.21. The molecule has 0 aliphatic carbocycles. The molecule has 2 aliphatic rings. The highest BCUT2D eigenvalue weighted by Gasteiger charge is 2.41. The second-order valence-corrected chi connectivity index (χ2v) is 10.7. The Morgan fingerprint density at radius 2 is 1.95 bits per heavy atom. The summed E-state index contributed by atoms with van der Waals surface area (Å²) < 4.78 is 8.94. The van der Waals surface area contributed by atoms with Crippen molar-refractivity contribution in [3.8, 4) is 17.1 Å². The van der Waals surface area contributed by atoms with E-state index in [9.17, 15) is 9.59 Å². The first-order valence-corrected chi connectivity index (χ1v) is 13.4. The molecule has 0 radical (unpaired) electrons. The topological polar surface area (TPSA) is 89.3 Å². The molecule has 2 aliphatic heterocycles. The van der Waals surface area contributed by atoms with Gasteiger partial charge >= 0.3 is 0 Å². The number of rotatable bonds is 6. The van der Waals surface area contributed by atoms with Crippen molar-refractivity contribution in [2.45, 2.75) is 32.1 Å². The molecule has 2 aromatic heterocycles. The van der Waals surface area contributed by atoms with E-state index in [1.807, 2.05) is 54.7 Å². The van der Waals surface area contributed by atoms with Crippen LogP contribution < -0.4 is 5.32 Å². The van der Waals surface area contributed by atoms with Crippen LogP contribution in [0.3, 0.4) is 0 Å². The maximum absolute atomic E-state index is 13.2. The average Bonchev–Trinajstić information content (AvgIpc) is 3.58. The van der Waals surface area contributed by atoms with Gasteiger partial charge in [0, 0.05) is 34.7 Å². The molecule has 1 fully saturated rings. The minimum absolute atomic E-state index is 0.000263. The van der Waals surface area contributed by atoms with E-state index < -0.39 is 12.3 Å². The predicted molar refractivity (Wildman–Crippen MR) is 147 cm³/mol. The summed E-state index contributed by atoms with van der Waals surface area (Å²) in [5, 5.41) is 8.23. The lowest BCUT2D eigenvalue weighted by atomic mass is 10.1. The van der Waals surface area contributed by atoms with Gasteiger partial charge in [0.25, 0.3) is 5.91 Å². The van der Waals surface area contributed by atoms with Gasteiger partial charge < -0.3 is 15.0 Å². The number of carbonyl (C=O) groups excluding carboxylic acids is 2. The highest BCUT2D eigenvalue weighted by molar-refractivity contribution is 9.10. The second-order valence-electron chi connectivity index (χ2n) is 9.34. The summed E-state index contributed by atoms with van der Waals surface area (Å²) in [7, 11) is 0. The monoisotopic (exact) mass is 591 g/mol. The molecular weight excluding hydrogens is 570 g/mol. The Balaban J connectivity index is 1.34. The van der Waals surface area contributed by atoms with Gasteiger partial charge in [-0.3, -0.25) is 14.6 Å². The fourth-order valence-corrected chi connectivity index (χ4v) is 5.22. The van der Waals surface area contributed by atoms with Crippen molar-refractivity contribution >= 4 is 45.0 Å². The minimum Gasteiger partial charge on any atom is -0.341 e. The highest BCUT2D eigenvalue weighted by Crippen LogP contribution is 2.37. The molecule has 0 saturated carbocycles. The Morgan fingerprint density at radius 3 is 2.71 bits per heavy atom. The van der Waals surface area contributed by atoms with Gasteiger partial charge in [-0.25, -0.2) is 4.68 Å². The maximum Gasteiger partial charge on any atom is 0.253 e. The van der Waals surface area contributed by atoms with Crippen LogP contribution in [0, 0.1) is 0 Å². The number of aromatic nitrogens is 3. The second kappa shape index (κ2) is 9.98. The van der Waals surface area contributed by atoms with E-state index in [2.05, 4.69) is 26.2 Å². The number of anilines is 1. The molecule has 38 heavy (non-hydrogen) atoms. The van der Waals surface area contributed by atoms with Crippen LogP contribution in [-0.2, 0) is 27.2 Å². The molecule has 2 atom stereocenters. The highest BCUT2D eigenvalue weighted by atomic mass is 79.9. The number of nitrogens with one attached hydrogen (secondary N) is 1. The molecule has 6 rings (SSSR count). The van der Waals surface area contributed by atoms with Crippen LogP contribution in [0.1, 0.15) is 29.8 Å². The molecule has 8 nitrogen and oxygen atoms in total. The van der Waals surface area contributed by atoms with E-state index in [0.717, 1.165) is 32.5 Å². The molecule has 4 aromatic rings. The Morgan fingerprint density at radius 1 is 1.13 bits per heavy atom. The molecule has 2 aromatic carbocycles. The SMILES string of the molecule is C[C@H]1O[C@@H](c2cn(-c3ccc(Br)cc3)nc2-c2ccc(Cl)cn2)N(CCc2ccc3c(c2)CC(=O)N3)C1=O. The van der Waals surface area contributed by atoms with E-state index >= 15 is 0 Å². The first kappa shape index (κ1) is 24.8. The predicted octanol–water partition coefficient (Wildman–Crippen LogP) is 5.33. The Labute approximate surface area is 232 Å². The lowest BCUT2D eigenvalue weighted by Gasteiger charge is -2.23. The Kier molecular flexibility index (Phi) is 6.51. The molecule has 0 spiro atoms. The number of hydrogen-bond donors (Lipinski definition) is 1. The van der Waals surface area contributed by atoms with Crippen LogP contribution in [0.5, 0.6) is 0 Å². The van der Waals surface area contributed by atoms with E-state index in [1.165, 1.54) is 0 Å². The first-order chi connectivity index (χ1) is 18.4. The number of nitrogens with zero attached hydrogens (tertiary/aromatic N) is 4. The van der Waals surface area contributed by atoms with Crippen molar-refractivity contribution in [3.63, 3.8) is 0 Å². The molecule has 0 bridgehead atoms. The molecule has 0 unspecified atom stereocenters. The Bertz CT molecular complexity index is 1540. The fraction of sp³-hybridized carbons (Fsp3) is 0.214. The Hall–Kier alpha value is -3.53. The van der Waals surface area contributed by atoms with Crippen LogP contribution in [-0.4, -0.2) is 44.1 Å². The third-order valence-corrected chi connectivity index (χ3v) is 7.51. The van der Waals surface area contributed by atoms with Crippen LogP contribution in [0.4, 0.5) is 5.69 Å². The summed E-state index contributed by atoms with van der Waals surface area (Å²) in [6.07, 6.45) is 3.24. The summed E-state index contributed by atoms with van der Waals surface area (Å²) in [5.41, 5.74) is 5.73. The minimum atomic E-state index is -0.633. The maximum atomic E-state index is 13.2. The molecule has 1 N–H and O–H groups in total. The number of pyridine rings is 1. The zero-order valence-corrected chi connectivity index (χ0v) is 22.7. The number of halogens is 2. The third kappa shape index (κ3) is 4.73. The average molecular weight is 593 g/mol. The first-order valence-electron chi connectivity index (χ1n) is 12.2. The summed E-state index contributed by atoms with van der Waals surface area (Å²) in [6, 6.07) is 17.3. The number of carbonyl (C=O) groups is 2.